The second-order valence-corrected chi connectivity index (χ2v) is 3.62. The maximum absolute atomic E-state index is 5.35. The molecule has 2 heterocycles. The quantitative estimate of drug-likeness (QED) is 0.557. The summed E-state index contributed by atoms with van der Waals surface area (Å²) in [5.41, 5.74) is 3.89. The molecule has 2 aromatic heterocycles. The van der Waals surface area contributed by atoms with Crippen LogP contribution in [0, 0.1) is 0 Å². The van der Waals surface area contributed by atoms with E-state index in [2.05, 4.69) is 16.5 Å². The topological polar surface area (TPSA) is 17.2 Å². The van der Waals surface area contributed by atoms with Crippen molar-refractivity contribution >= 4 is 5.71 Å². The van der Waals surface area contributed by atoms with Crippen LogP contribution in [0.25, 0.3) is 5.71 Å². The molecule has 0 saturated carbocycles. The van der Waals surface area contributed by atoms with E-state index in [-0.39, 0.29) is 0 Å². The van der Waals surface area contributed by atoms with Gasteiger partial charge in [-0.3, -0.25) is 0 Å². The van der Waals surface area contributed by atoms with Gasteiger partial charge < -0.3 is 4.42 Å². The molecule has 0 fully saturated rings. The Morgan fingerprint density at radius 2 is 2.08 bits per heavy atom. The minimum absolute atomic E-state index is 0.959. The molecule has 0 atom stereocenters. The monoisotopic (exact) mass is 174 g/mol. The van der Waals surface area contributed by atoms with E-state index in [1.54, 1.807) is 6.26 Å². The lowest BCUT2D eigenvalue weighted by molar-refractivity contribution is -0.524. The molecule has 66 valence electrons. The van der Waals surface area contributed by atoms with Crippen molar-refractivity contribution < 1.29 is 8.82 Å². The third kappa shape index (κ3) is 0.981. The standard InChI is InChI=1S/C11H12NO/c1-2-4-10-9(3-1)5-6-11-12(10)7-8-13-11/h5-8H,1-4H2/q+1. The molecule has 2 heteroatoms. The number of fused-ring (bicyclic) bond motifs is 3. The Labute approximate surface area is 76.8 Å². The van der Waals surface area contributed by atoms with Crippen LogP contribution in [0.1, 0.15) is 24.1 Å². The first-order valence-electron chi connectivity index (χ1n) is 4.85. The van der Waals surface area contributed by atoms with Crippen molar-refractivity contribution in [1.82, 2.24) is 0 Å². The number of aromatic nitrogens is 1. The largest absolute Gasteiger partial charge is 0.406 e. The van der Waals surface area contributed by atoms with Gasteiger partial charge in [-0.2, -0.15) is 0 Å². The van der Waals surface area contributed by atoms with Gasteiger partial charge >= 0.3 is 5.71 Å². The van der Waals surface area contributed by atoms with Crippen LogP contribution in [-0.2, 0) is 12.8 Å². The van der Waals surface area contributed by atoms with Gasteiger partial charge in [-0.1, -0.05) is 0 Å². The number of rotatable bonds is 0. The van der Waals surface area contributed by atoms with Crippen LogP contribution in [0.3, 0.4) is 0 Å². The van der Waals surface area contributed by atoms with Crippen molar-refractivity contribution in [3.8, 4) is 0 Å². The molecular formula is C11H12NO+. The molecule has 0 N–H and O–H groups in total. The van der Waals surface area contributed by atoms with Crippen LogP contribution < -0.4 is 4.40 Å². The Hall–Kier alpha value is -1.31. The van der Waals surface area contributed by atoms with Gasteiger partial charge in [-0.25, -0.2) is 0 Å². The van der Waals surface area contributed by atoms with Crippen molar-refractivity contribution in [2.24, 2.45) is 0 Å². The maximum Gasteiger partial charge on any atom is 0.378 e. The lowest BCUT2D eigenvalue weighted by atomic mass is 9.96. The lowest BCUT2D eigenvalue weighted by Gasteiger charge is -2.09. The molecule has 1 aliphatic carbocycles. The summed E-state index contributed by atoms with van der Waals surface area (Å²) < 4.78 is 7.52. The molecule has 0 radical (unpaired) electrons. The summed E-state index contributed by atoms with van der Waals surface area (Å²) in [6, 6.07) is 4.26. The van der Waals surface area contributed by atoms with Gasteiger partial charge in [0.1, 0.15) is 0 Å². The molecule has 0 bridgehead atoms. The highest BCUT2D eigenvalue weighted by molar-refractivity contribution is 5.30. The third-order valence-electron chi connectivity index (χ3n) is 2.83. The van der Waals surface area contributed by atoms with Crippen LogP contribution in [0.4, 0.5) is 0 Å². The molecule has 2 nitrogen and oxygen atoms in total. The van der Waals surface area contributed by atoms with Gasteiger partial charge in [0.15, 0.2) is 12.0 Å². The van der Waals surface area contributed by atoms with Crippen LogP contribution in [-0.4, -0.2) is 0 Å². The summed E-state index contributed by atoms with van der Waals surface area (Å²) in [4.78, 5) is 0. The summed E-state index contributed by atoms with van der Waals surface area (Å²) >= 11 is 0. The first-order valence-corrected chi connectivity index (χ1v) is 4.85. The molecule has 1 aliphatic rings. The molecule has 13 heavy (non-hydrogen) atoms. The van der Waals surface area contributed by atoms with Crippen LogP contribution in [0.15, 0.2) is 29.0 Å². The predicted molar refractivity (Wildman–Crippen MR) is 48.5 cm³/mol. The zero-order valence-corrected chi connectivity index (χ0v) is 7.49. The smallest absolute Gasteiger partial charge is 0.378 e. The van der Waals surface area contributed by atoms with Gasteiger partial charge in [0.25, 0.3) is 0 Å². The molecule has 0 aromatic carbocycles. The fourth-order valence-corrected chi connectivity index (χ4v) is 2.17. The molecule has 0 saturated heterocycles. The Morgan fingerprint density at radius 3 is 3.08 bits per heavy atom. The first-order chi connectivity index (χ1) is 6.45. The van der Waals surface area contributed by atoms with Crippen molar-refractivity contribution in [3.63, 3.8) is 0 Å². The molecule has 0 unspecified atom stereocenters. The van der Waals surface area contributed by atoms with Crippen LogP contribution in [0.2, 0.25) is 0 Å². The predicted octanol–water partition coefficient (Wildman–Crippen LogP) is 1.90. The van der Waals surface area contributed by atoms with Gasteiger partial charge in [0, 0.05) is 12.0 Å². The fourth-order valence-electron chi connectivity index (χ4n) is 2.17. The summed E-state index contributed by atoms with van der Waals surface area (Å²) in [7, 11) is 0. The number of oxazole rings is 1. The SMILES string of the molecule is c1c[n+]2c3c(ccc2o1)CCCC3. The van der Waals surface area contributed by atoms with Gasteiger partial charge in [-0.05, 0) is 25.3 Å². The Bertz CT molecular complexity index is 444. The van der Waals surface area contributed by atoms with E-state index in [4.69, 9.17) is 4.42 Å². The molecule has 0 aliphatic heterocycles. The molecule has 0 amide bonds. The highest BCUT2D eigenvalue weighted by Gasteiger charge is 2.20. The minimum atomic E-state index is 0.959. The van der Waals surface area contributed by atoms with Crippen LogP contribution in [0.5, 0.6) is 0 Å². The highest BCUT2D eigenvalue weighted by Crippen LogP contribution is 2.18. The Morgan fingerprint density at radius 1 is 1.15 bits per heavy atom. The summed E-state index contributed by atoms with van der Waals surface area (Å²) in [6.45, 7) is 0. The number of nitrogens with zero attached hydrogens (tertiary/aromatic N) is 1. The number of pyridine rings is 1. The van der Waals surface area contributed by atoms with Crippen molar-refractivity contribution in [1.29, 1.82) is 0 Å². The van der Waals surface area contributed by atoms with E-state index in [1.165, 1.54) is 36.9 Å². The first kappa shape index (κ1) is 7.13. The van der Waals surface area contributed by atoms with Crippen molar-refractivity contribution in [2.75, 3.05) is 0 Å². The summed E-state index contributed by atoms with van der Waals surface area (Å²) in [5, 5.41) is 0. The number of hydrogen-bond donors (Lipinski definition) is 0. The second-order valence-electron chi connectivity index (χ2n) is 3.62. The molecule has 3 rings (SSSR count). The number of hydrogen-bond acceptors (Lipinski definition) is 1. The summed E-state index contributed by atoms with van der Waals surface area (Å²) in [5.74, 6) is 0. The van der Waals surface area contributed by atoms with Gasteiger partial charge in [0.05, 0.1) is 6.07 Å². The number of aryl methyl sites for hydroxylation is 2. The van der Waals surface area contributed by atoms with Crippen LogP contribution >= 0.6 is 0 Å². The second kappa shape index (κ2) is 2.59. The van der Waals surface area contributed by atoms with E-state index >= 15 is 0 Å². The zero-order valence-electron chi connectivity index (χ0n) is 7.49. The lowest BCUT2D eigenvalue weighted by Crippen LogP contribution is -2.28. The minimum Gasteiger partial charge on any atom is -0.406 e. The van der Waals surface area contributed by atoms with Crippen molar-refractivity contribution in [2.45, 2.75) is 25.7 Å². The van der Waals surface area contributed by atoms with Crippen molar-refractivity contribution in [3.05, 3.63) is 35.9 Å². The molecule has 0 spiro atoms. The third-order valence-corrected chi connectivity index (χ3v) is 2.83. The fraction of sp³-hybridized carbons (Fsp3) is 0.364. The normalized spacial score (nSPS) is 16.0. The zero-order chi connectivity index (χ0) is 8.67. The maximum atomic E-state index is 5.35. The van der Waals surface area contributed by atoms with E-state index in [9.17, 15) is 0 Å². The van der Waals surface area contributed by atoms with E-state index in [1.807, 2.05) is 6.20 Å². The van der Waals surface area contributed by atoms with E-state index in [0.717, 1.165) is 5.71 Å². The molecule has 2 aromatic rings. The van der Waals surface area contributed by atoms with Gasteiger partial charge in [0.2, 0.25) is 6.20 Å². The van der Waals surface area contributed by atoms with E-state index < -0.39 is 0 Å². The average molecular weight is 174 g/mol. The van der Waals surface area contributed by atoms with Gasteiger partial charge in [-0.15, -0.1) is 4.40 Å². The van der Waals surface area contributed by atoms with E-state index in [0.29, 0.717) is 0 Å². The average Bonchev–Trinajstić information content (AvgIpc) is 2.65. The summed E-state index contributed by atoms with van der Waals surface area (Å²) in [6.07, 6.45) is 8.82. The Balaban J connectivity index is 2.34. The molecular weight excluding hydrogens is 162 g/mol. The highest BCUT2D eigenvalue weighted by atomic mass is 16.3. The Kier molecular flexibility index (Phi) is 1.42.